The smallest absolute Gasteiger partial charge is 0.290 e. The molecule has 0 bridgehead atoms. The summed E-state index contributed by atoms with van der Waals surface area (Å²) in [6, 6.07) is 9.85. The van der Waals surface area contributed by atoms with Crippen molar-refractivity contribution in [2.24, 2.45) is 0 Å². The van der Waals surface area contributed by atoms with Gasteiger partial charge in [0.05, 0.1) is 6.54 Å². The molecule has 1 aliphatic rings. The summed E-state index contributed by atoms with van der Waals surface area (Å²) in [4.78, 5) is 18.9. The first-order valence-corrected chi connectivity index (χ1v) is 7.87. The van der Waals surface area contributed by atoms with Crippen molar-refractivity contribution in [2.75, 3.05) is 0 Å². The van der Waals surface area contributed by atoms with Crippen molar-refractivity contribution >= 4 is 28.2 Å². The lowest BCUT2D eigenvalue weighted by Gasteiger charge is -2.19. The number of nitrogens with zero attached hydrogens (tertiary/aromatic N) is 2. The summed E-state index contributed by atoms with van der Waals surface area (Å²) in [6.07, 6.45) is 3.91. The topological polar surface area (TPSA) is 46.3 Å². The van der Waals surface area contributed by atoms with E-state index in [0.717, 1.165) is 28.8 Å². The second-order valence-corrected chi connectivity index (χ2v) is 6.22. The van der Waals surface area contributed by atoms with Crippen molar-refractivity contribution in [3.05, 3.63) is 52.7 Å². The van der Waals surface area contributed by atoms with E-state index in [2.05, 4.69) is 4.98 Å². The Morgan fingerprint density at radius 1 is 1.38 bits per heavy atom. The van der Waals surface area contributed by atoms with E-state index in [0.29, 0.717) is 18.3 Å². The number of hydrogen-bond acceptors (Lipinski definition) is 4. The van der Waals surface area contributed by atoms with Crippen molar-refractivity contribution in [3.8, 4) is 0 Å². The van der Waals surface area contributed by atoms with Crippen LogP contribution in [-0.2, 0) is 6.54 Å². The molecule has 3 aromatic rings. The number of amides is 1. The molecule has 0 saturated heterocycles. The van der Waals surface area contributed by atoms with Crippen LogP contribution in [0, 0.1) is 0 Å². The van der Waals surface area contributed by atoms with Crippen LogP contribution in [0.2, 0.25) is 0 Å². The third-order valence-electron chi connectivity index (χ3n) is 3.67. The van der Waals surface area contributed by atoms with E-state index in [-0.39, 0.29) is 5.91 Å². The van der Waals surface area contributed by atoms with Gasteiger partial charge in [0.1, 0.15) is 10.6 Å². The van der Waals surface area contributed by atoms with Crippen LogP contribution in [0.4, 0.5) is 0 Å². The molecule has 2 aromatic heterocycles. The Balaban J connectivity index is 1.64. The number of benzene rings is 1. The van der Waals surface area contributed by atoms with Gasteiger partial charge < -0.3 is 9.32 Å². The average Bonchev–Trinajstić information content (AvgIpc) is 3.04. The summed E-state index contributed by atoms with van der Waals surface area (Å²) < 4.78 is 5.70. The van der Waals surface area contributed by atoms with Crippen LogP contribution in [0.15, 0.2) is 46.3 Å². The Morgan fingerprint density at radius 3 is 2.95 bits per heavy atom. The van der Waals surface area contributed by atoms with Crippen LogP contribution >= 0.6 is 11.3 Å². The quantitative estimate of drug-likeness (QED) is 0.738. The minimum atomic E-state index is -0.0381. The number of thiazole rings is 1. The van der Waals surface area contributed by atoms with Gasteiger partial charge in [-0.1, -0.05) is 18.2 Å². The number of fused-ring (bicyclic) bond motifs is 1. The molecule has 0 N–H and O–H groups in total. The fourth-order valence-electron chi connectivity index (χ4n) is 2.46. The van der Waals surface area contributed by atoms with Gasteiger partial charge in [-0.2, -0.15) is 0 Å². The fourth-order valence-corrected chi connectivity index (χ4v) is 3.07. The summed E-state index contributed by atoms with van der Waals surface area (Å²) in [5.41, 5.74) is 0.755. The zero-order valence-corrected chi connectivity index (χ0v) is 12.2. The molecule has 0 spiro atoms. The fraction of sp³-hybridized carbons (Fsp3) is 0.250. The first-order chi connectivity index (χ1) is 10.3. The molecule has 0 unspecified atom stereocenters. The van der Waals surface area contributed by atoms with Crippen molar-refractivity contribution in [3.63, 3.8) is 0 Å². The van der Waals surface area contributed by atoms with E-state index < -0.39 is 0 Å². The highest BCUT2D eigenvalue weighted by Crippen LogP contribution is 2.31. The first-order valence-electron chi connectivity index (χ1n) is 6.99. The lowest BCUT2D eigenvalue weighted by atomic mass is 10.2. The SMILES string of the molecule is O=C(c1cc2ccccc2o1)N(Cc1nccs1)C1CC1. The maximum absolute atomic E-state index is 12.7. The Kier molecular flexibility index (Phi) is 3.00. The minimum absolute atomic E-state index is 0.0381. The van der Waals surface area contributed by atoms with Crippen LogP contribution in [0.1, 0.15) is 28.4 Å². The van der Waals surface area contributed by atoms with Gasteiger partial charge in [-0.3, -0.25) is 4.79 Å². The molecule has 106 valence electrons. The number of carbonyl (C=O) groups excluding carboxylic acids is 1. The molecule has 21 heavy (non-hydrogen) atoms. The van der Waals surface area contributed by atoms with E-state index in [1.807, 2.05) is 40.6 Å². The molecule has 1 saturated carbocycles. The van der Waals surface area contributed by atoms with E-state index >= 15 is 0 Å². The highest BCUT2D eigenvalue weighted by atomic mass is 32.1. The third-order valence-corrected chi connectivity index (χ3v) is 4.44. The number of rotatable bonds is 4. The molecule has 1 aromatic carbocycles. The number of hydrogen-bond donors (Lipinski definition) is 0. The van der Waals surface area contributed by atoms with Gasteiger partial charge in [0.15, 0.2) is 5.76 Å². The molecule has 2 heterocycles. The molecule has 1 aliphatic carbocycles. The van der Waals surface area contributed by atoms with Crippen LogP contribution in [0.3, 0.4) is 0 Å². The van der Waals surface area contributed by atoms with Crippen molar-refractivity contribution in [1.82, 2.24) is 9.88 Å². The highest BCUT2D eigenvalue weighted by Gasteiger charge is 2.34. The van der Waals surface area contributed by atoms with Crippen molar-refractivity contribution in [2.45, 2.75) is 25.4 Å². The van der Waals surface area contributed by atoms with Gasteiger partial charge in [-0.15, -0.1) is 11.3 Å². The van der Waals surface area contributed by atoms with Crippen LogP contribution < -0.4 is 0 Å². The summed E-state index contributed by atoms with van der Waals surface area (Å²) in [5.74, 6) is 0.378. The molecule has 0 atom stereocenters. The number of carbonyl (C=O) groups is 1. The Hall–Kier alpha value is -2.14. The standard InChI is InChI=1S/C16H14N2O2S/c19-16(14-9-11-3-1-2-4-13(11)20-14)18(12-5-6-12)10-15-17-7-8-21-15/h1-4,7-9,12H,5-6,10H2. The second kappa shape index (κ2) is 5.00. The van der Waals surface area contributed by atoms with Crippen LogP contribution in [-0.4, -0.2) is 21.8 Å². The van der Waals surface area contributed by atoms with Gasteiger partial charge in [-0.25, -0.2) is 4.98 Å². The lowest BCUT2D eigenvalue weighted by molar-refractivity contribution is 0.0699. The molecule has 5 heteroatoms. The minimum Gasteiger partial charge on any atom is -0.451 e. The van der Waals surface area contributed by atoms with E-state index in [4.69, 9.17) is 4.42 Å². The molecular formula is C16H14N2O2S. The summed E-state index contributed by atoms with van der Waals surface area (Å²) >= 11 is 1.58. The molecule has 0 aliphatic heterocycles. The number of para-hydroxylation sites is 1. The third kappa shape index (κ3) is 2.45. The maximum Gasteiger partial charge on any atom is 0.290 e. The first kappa shape index (κ1) is 12.6. The summed E-state index contributed by atoms with van der Waals surface area (Å²) in [7, 11) is 0. The summed E-state index contributed by atoms with van der Waals surface area (Å²) in [5, 5.41) is 3.86. The zero-order chi connectivity index (χ0) is 14.2. The second-order valence-electron chi connectivity index (χ2n) is 5.24. The zero-order valence-electron chi connectivity index (χ0n) is 11.4. The van der Waals surface area contributed by atoms with Gasteiger partial charge in [0, 0.05) is 23.0 Å². The van der Waals surface area contributed by atoms with Gasteiger partial charge >= 0.3 is 0 Å². The van der Waals surface area contributed by atoms with Crippen molar-refractivity contribution < 1.29 is 9.21 Å². The molecule has 4 rings (SSSR count). The lowest BCUT2D eigenvalue weighted by Crippen LogP contribution is -2.32. The molecule has 0 radical (unpaired) electrons. The Morgan fingerprint density at radius 2 is 2.24 bits per heavy atom. The van der Waals surface area contributed by atoms with Gasteiger partial charge in [0.25, 0.3) is 5.91 Å². The largest absolute Gasteiger partial charge is 0.451 e. The average molecular weight is 298 g/mol. The molecule has 1 fully saturated rings. The predicted molar refractivity (Wildman–Crippen MR) is 81.2 cm³/mol. The number of aromatic nitrogens is 1. The summed E-state index contributed by atoms with van der Waals surface area (Å²) in [6.45, 7) is 0.568. The van der Waals surface area contributed by atoms with E-state index in [1.54, 1.807) is 17.5 Å². The predicted octanol–water partition coefficient (Wildman–Crippen LogP) is 3.69. The molecule has 4 nitrogen and oxygen atoms in total. The normalized spacial score (nSPS) is 14.5. The van der Waals surface area contributed by atoms with Gasteiger partial charge in [-0.05, 0) is 25.0 Å². The van der Waals surface area contributed by atoms with Gasteiger partial charge in [0.2, 0.25) is 0 Å². The molecular weight excluding hydrogens is 284 g/mol. The Bertz CT molecular complexity index is 742. The van der Waals surface area contributed by atoms with E-state index in [9.17, 15) is 4.79 Å². The maximum atomic E-state index is 12.7. The van der Waals surface area contributed by atoms with Crippen LogP contribution in [0.5, 0.6) is 0 Å². The monoisotopic (exact) mass is 298 g/mol. The Labute approximate surface area is 126 Å². The highest BCUT2D eigenvalue weighted by molar-refractivity contribution is 7.09. The van der Waals surface area contributed by atoms with Crippen molar-refractivity contribution in [1.29, 1.82) is 0 Å². The molecule has 1 amide bonds. The van der Waals surface area contributed by atoms with Crippen LogP contribution in [0.25, 0.3) is 11.0 Å². The number of furan rings is 1. The van der Waals surface area contributed by atoms with E-state index in [1.165, 1.54) is 0 Å².